The fraction of sp³-hybridized carbons (Fsp3) is 0.480. The number of aryl methyl sites for hydroxylation is 1. The molecule has 9 heteroatoms. The summed E-state index contributed by atoms with van der Waals surface area (Å²) < 4.78 is 43.8. The van der Waals surface area contributed by atoms with Crippen LogP contribution < -0.4 is 4.90 Å². The topological polar surface area (TPSA) is 79.5 Å². The van der Waals surface area contributed by atoms with E-state index in [1.807, 2.05) is 0 Å². The van der Waals surface area contributed by atoms with Crippen LogP contribution >= 0.6 is 0 Å². The van der Waals surface area contributed by atoms with Crippen LogP contribution in [0.4, 0.5) is 18.9 Å². The Morgan fingerprint density at radius 1 is 1.24 bits per heavy atom. The van der Waals surface area contributed by atoms with E-state index in [0.717, 1.165) is 0 Å². The quantitative estimate of drug-likeness (QED) is 0.281. The molecule has 1 aromatic carbocycles. The molecule has 1 heterocycles. The summed E-state index contributed by atoms with van der Waals surface area (Å²) in [6.07, 6.45) is 2.19. The molecule has 0 aliphatic rings. The number of aliphatic hydroxyl groups is 1. The number of amides is 1. The van der Waals surface area contributed by atoms with Crippen LogP contribution in [0.2, 0.25) is 0 Å². The standard InChI is InChI=1S/C25H30F3N3O3/c1-18(13-15-26)22(32)31(20-10-8-9-19(17-20)12-14-24(2,3)33)16-7-5-6-11-21-29-23(34-30-21)25(4,27)28/h8-10,17,33H,1,5-7,11,13,15-16H2,2-4H3. The number of alkyl halides is 3. The molecule has 0 atom stereocenters. The first kappa shape index (κ1) is 27.1. The molecule has 184 valence electrons. The fourth-order valence-electron chi connectivity index (χ4n) is 3.00. The first-order chi connectivity index (χ1) is 15.9. The van der Waals surface area contributed by atoms with Gasteiger partial charge in [0.15, 0.2) is 5.82 Å². The average Bonchev–Trinajstić information content (AvgIpc) is 3.24. The summed E-state index contributed by atoms with van der Waals surface area (Å²) in [5.74, 6) is 1.56. The molecule has 0 aliphatic carbocycles. The average molecular weight is 478 g/mol. The zero-order valence-electron chi connectivity index (χ0n) is 19.7. The second-order valence-corrected chi connectivity index (χ2v) is 8.57. The molecule has 1 N–H and O–H groups in total. The number of carbonyl (C=O) groups excluding carboxylic acids is 1. The van der Waals surface area contributed by atoms with E-state index in [9.17, 15) is 23.1 Å². The third-order valence-electron chi connectivity index (χ3n) is 4.74. The van der Waals surface area contributed by atoms with E-state index >= 15 is 0 Å². The van der Waals surface area contributed by atoms with Crippen LogP contribution in [0.3, 0.4) is 0 Å². The van der Waals surface area contributed by atoms with Crippen molar-refractivity contribution in [3.63, 3.8) is 0 Å². The van der Waals surface area contributed by atoms with Crippen LogP contribution in [0.1, 0.15) is 63.7 Å². The highest BCUT2D eigenvalue weighted by Gasteiger charge is 2.31. The van der Waals surface area contributed by atoms with Gasteiger partial charge in [0, 0.05) is 43.1 Å². The zero-order valence-corrected chi connectivity index (χ0v) is 19.7. The summed E-state index contributed by atoms with van der Waals surface area (Å²) in [6.45, 7) is 7.21. The maximum atomic E-state index is 13.2. The van der Waals surface area contributed by atoms with Crippen LogP contribution in [-0.4, -0.2) is 40.0 Å². The Morgan fingerprint density at radius 2 is 1.97 bits per heavy atom. The van der Waals surface area contributed by atoms with Crippen molar-refractivity contribution < 1.29 is 27.6 Å². The number of hydrogen-bond donors (Lipinski definition) is 1. The Bertz CT molecular complexity index is 1040. The van der Waals surface area contributed by atoms with Gasteiger partial charge in [0.25, 0.3) is 11.8 Å². The Balaban J connectivity index is 2.05. The lowest BCUT2D eigenvalue weighted by molar-refractivity contribution is -0.115. The summed E-state index contributed by atoms with van der Waals surface area (Å²) in [6, 6.07) is 6.99. The predicted molar refractivity (Wildman–Crippen MR) is 123 cm³/mol. The molecule has 0 fully saturated rings. The number of carbonyl (C=O) groups is 1. The summed E-state index contributed by atoms with van der Waals surface area (Å²) in [5, 5.41) is 13.4. The lowest BCUT2D eigenvalue weighted by Crippen LogP contribution is -2.33. The first-order valence-corrected chi connectivity index (χ1v) is 11.0. The summed E-state index contributed by atoms with van der Waals surface area (Å²) >= 11 is 0. The van der Waals surface area contributed by atoms with Gasteiger partial charge in [-0.05, 0) is 44.9 Å². The van der Waals surface area contributed by atoms with E-state index in [-0.39, 0.29) is 23.7 Å². The van der Waals surface area contributed by atoms with Crippen molar-refractivity contribution in [2.24, 2.45) is 0 Å². The number of aromatic nitrogens is 2. The van der Waals surface area contributed by atoms with Crippen LogP contribution in [0.15, 0.2) is 40.9 Å². The maximum Gasteiger partial charge on any atom is 0.322 e. The molecule has 6 nitrogen and oxygen atoms in total. The van der Waals surface area contributed by atoms with Gasteiger partial charge >= 0.3 is 5.92 Å². The van der Waals surface area contributed by atoms with Gasteiger partial charge in [-0.2, -0.15) is 13.8 Å². The highest BCUT2D eigenvalue weighted by atomic mass is 19.3. The third-order valence-corrected chi connectivity index (χ3v) is 4.74. The summed E-state index contributed by atoms with van der Waals surface area (Å²) in [5.41, 5.74) is 0.206. The fourth-order valence-corrected chi connectivity index (χ4v) is 3.00. The lowest BCUT2D eigenvalue weighted by atomic mass is 10.1. The van der Waals surface area contributed by atoms with Gasteiger partial charge in [0.05, 0.1) is 6.67 Å². The van der Waals surface area contributed by atoms with E-state index in [2.05, 4.69) is 33.1 Å². The Morgan fingerprint density at radius 3 is 2.59 bits per heavy atom. The van der Waals surface area contributed by atoms with E-state index in [1.54, 1.807) is 38.1 Å². The van der Waals surface area contributed by atoms with E-state index in [0.29, 0.717) is 50.4 Å². The van der Waals surface area contributed by atoms with Gasteiger partial charge in [-0.25, -0.2) is 0 Å². The summed E-state index contributed by atoms with van der Waals surface area (Å²) in [7, 11) is 0. The number of anilines is 1. The van der Waals surface area contributed by atoms with Crippen molar-refractivity contribution in [2.45, 2.75) is 64.4 Å². The molecule has 34 heavy (non-hydrogen) atoms. The van der Waals surface area contributed by atoms with Crippen molar-refractivity contribution in [2.75, 3.05) is 18.1 Å². The van der Waals surface area contributed by atoms with Crippen LogP contribution in [-0.2, 0) is 17.1 Å². The van der Waals surface area contributed by atoms with E-state index in [1.165, 1.54) is 4.90 Å². The van der Waals surface area contributed by atoms with Crippen molar-refractivity contribution in [1.82, 2.24) is 10.1 Å². The largest absolute Gasteiger partial charge is 0.378 e. The number of unbranched alkanes of at least 4 members (excludes halogenated alkanes) is 2. The first-order valence-electron chi connectivity index (χ1n) is 11.0. The molecule has 2 aromatic rings. The molecule has 0 spiro atoms. The molecule has 1 amide bonds. The molecule has 2 rings (SSSR count). The van der Waals surface area contributed by atoms with Gasteiger partial charge in [0.1, 0.15) is 5.60 Å². The van der Waals surface area contributed by atoms with Crippen molar-refractivity contribution >= 4 is 11.6 Å². The van der Waals surface area contributed by atoms with Gasteiger partial charge in [0.2, 0.25) is 0 Å². The molecule has 1 aromatic heterocycles. The van der Waals surface area contributed by atoms with Gasteiger partial charge in [-0.3, -0.25) is 9.18 Å². The monoisotopic (exact) mass is 477 g/mol. The highest BCUT2D eigenvalue weighted by Crippen LogP contribution is 2.25. The number of nitrogens with zero attached hydrogens (tertiary/aromatic N) is 3. The number of halogens is 3. The second kappa shape index (κ2) is 11.8. The van der Waals surface area contributed by atoms with Crippen LogP contribution in [0.5, 0.6) is 0 Å². The minimum Gasteiger partial charge on any atom is -0.378 e. The Hall–Kier alpha value is -3.12. The van der Waals surface area contributed by atoms with Crippen molar-refractivity contribution in [3.8, 4) is 11.8 Å². The SMILES string of the molecule is C=C(CCF)C(=O)N(CCCCCc1noc(C(C)(F)F)n1)c1cccc(C#CC(C)(C)O)c1. The van der Waals surface area contributed by atoms with E-state index < -0.39 is 24.1 Å². The number of hydrogen-bond acceptors (Lipinski definition) is 5. The predicted octanol–water partition coefficient (Wildman–Crippen LogP) is 4.97. The molecule has 0 saturated heterocycles. The molecule has 0 saturated carbocycles. The zero-order chi connectivity index (χ0) is 25.4. The number of rotatable bonds is 11. The second-order valence-electron chi connectivity index (χ2n) is 8.57. The van der Waals surface area contributed by atoms with Crippen LogP contribution in [0, 0.1) is 11.8 Å². The van der Waals surface area contributed by atoms with Crippen molar-refractivity contribution in [1.29, 1.82) is 0 Å². The molecule has 0 bridgehead atoms. The molecule has 0 unspecified atom stereocenters. The molecular weight excluding hydrogens is 447 g/mol. The van der Waals surface area contributed by atoms with Crippen LogP contribution in [0.25, 0.3) is 0 Å². The lowest BCUT2D eigenvalue weighted by Gasteiger charge is -2.24. The third kappa shape index (κ3) is 8.67. The van der Waals surface area contributed by atoms with Gasteiger partial charge < -0.3 is 14.5 Å². The minimum absolute atomic E-state index is 0.0598. The number of benzene rings is 1. The minimum atomic E-state index is -3.18. The Kier molecular flexibility index (Phi) is 9.45. The molecular formula is C25H30F3N3O3. The normalized spacial score (nSPS) is 11.6. The Labute approximate surface area is 197 Å². The summed E-state index contributed by atoms with van der Waals surface area (Å²) in [4.78, 5) is 18.2. The van der Waals surface area contributed by atoms with Crippen molar-refractivity contribution in [3.05, 3.63) is 53.7 Å². The van der Waals surface area contributed by atoms with E-state index in [4.69, 9.17) is 0 Å². The highest BCUT2D eigenvalue weighted by molar-refractivity contribution is 6.05. The maximum absolute atomic E-state index is 13.2. The molecule has 0 radical (unpaired) electrons. The van der Waals surface area contributed by atoms with Gasteiger partial charge in [-0.15, -0.1) is 0 Å². The molecule has 0 aliphatic heterocycles. The van der Waals surface area contributed by atoms with Gasteiger partial charge in [-0.1, -0.05) is 36.1 Å². The smallest absolute Gasteiger partial charge is 0.322 e.